The van der Waals surface area contributed by atoms with Gasteiger partial charge in [0.1, 0.15) is 6.61 Å². The highest BCUT2D eigenvalue weighted by atomic mass is 16.5. The average Bonchev–Trinajstić information content (AvgIpc) is 3.13. The van der Waals surface area contributed by atoms with Gasteiger partial charge < -0.3 is 13.9 Å². The molecule has 0 radical (unpaired) electrons. The SMILES string of the molecule is CCCc1cc(C(=O)OCc2ccoc2C(=O)OC)n[nH]1. The highest BCUT2D eigenvalue weighted by Crippen LogP contribution is 2.14. The molecule has 0 aliphatic rings. The minimum Gasteiger partial charge on any atom is -0.463 e. The van der Waals surface area contributed by atoms with Crippen LogP contribution in [0.2, 0.25) is 0 Å². The van der Waals surface area contributed by atoms with Gasteiger partial charge in [-0.1, -0.05) is 13.3 Å². The first kappa shape index (κ1) is 14.8. The molecule has 2 heterocycles. The van der Waals surface area contributed by atoms with Gasteiger partial charge in [0.2, 0.25) is 5.76 Å². The van der Waals surface area contributed by atoms with Crippen molar-refractivity contribution in [3.05, 3.63) is 41.1 Å². The Morgan fingerprint density at radius 1 is 1.38 bits per heavy atom. The third-order valence-corrected chi connectivity index (χ3v) is 2.84. The van der Waals surface area contributed by atoms with Crippen LogP contribution >= 0.6 is 0 Å². The van der Waals surface area contributed by atoms with Gasteiger partial charge >= 0.3 is 11.9 Å². The zero-order chi connectivity index (χ0) is 15.2. The van der Waals surface area contributed by atoms with Gasteiger partial charge in [-0.05, 0) is 18.6 Å². The monoisotopic (exact) mass is 292 g/mol. The number of aryl methyl sites for hydroxylation is 1. The second-order valence-corrected chi connectivity index (χ2v) is 4.37. The molecule has 21 heavy (non-hydrogen) atoms. The van der Waals surface area contributed by atoms with Crippen LogP contribution in [0.15, 0.2) is 22.8 Å². The fraction of sp³-hybridized carbons (Fsp3) is 0.357. The highest BCUT2D eigenvalue weighted by molar-refractivity contribution is 5.89. The van der Waals surface area contributed by atoms with Crippen LogP contribution in [0.5, 0.6) is 0 Å². The molecule has 0 spiro atoms. The summed E-state index contributed by atoms with van der Waals surface area (Å²) >= 11 is 0. The lowest BCUT2D eigenvalue weighted by Crippen LogP contribution is -2.08. The van der Waals surface area contributed by atoms with Crippen molar-refractivity contribution in [3.63, 3.8) is 0 Å². The number of nitrogens with one attached hydrogen (secondary N) is 1. The molecule has 0 aliphatic carbocycles. The van der Waals surface area contributed by atoms with Crippen molar-refractivity contribution in [3.8, 4) is 0 Å². The number of furan rings is 1. The molecule has 0 amide bonds. The first-order valence-electron chi connectivity index (χ1n) is 6.51. The Bertz CT molecular complexity index is 629. The van der Waals surface area contributed by atoms with Crippen LogP contribution in [0.1, 0.15) is 45.6 Å². The Labute approximate surface area is 121 Å². The molecule has 0 aliphatic heterocycles. The first-order valence-corrected chi connectivity index (χ1v) is 6.51. The van der Waals surface area contributed by atoms with E-state index < -0.39 is 11.9 Å². The number of H-pyrrole nitrogens is 1. The molecule has 2 aromatic heterocycles. The minimum atomic E-state index is -0.615. The van der Waals surface area contributed by atoms with Crippen molar-refractivity contribution in [2.75, 3.05) is 7.11 Å². The summed E-state index contributed by atoms with van der Waals surface area (Å²) in [6.45, 7) is 1.95. The standard InChI is InChI=1S/C14H16N2O5/c1-3-4-10-7-11(16-15-10)13(17)21-8-9-5-6-20-12(9)14(18)19-2/h5-7H,3-4,8H2,1-2H3,(H,15,16). The van der Waals surface area contributed by atoms with E-state index in [1.807, 2.05) is 6.92 Å². The van der Waals surface area contributed by atoms with Crippen LogP contribution in [0, 0.1) is 0 Å². The van der Waals surface area contributed by atoms with Crippen molar-refractivity contribution in [2.24, 2.45) is 0 Å². The molecular weight excluding hydrogens is 276 g/mol. The maximum Gasteiger partial charge on any atom is 0.374 e. The number of nitrogens with zero attached hydrogens (tertiary/aromatic N) is 1. The molecule has 7 heteroatoms. The molecule has 0 bridgehead atoms. The van der Waals surface area contributed by atoms with Gasteiger partial charge in [0.05, 0.1) is 13.4 Å². The van der Waals surface area contributed by atoms with Crippen LogP contribution in [0.3, 0.4) is 0 Å². The van der Waals surface area contributed by atoms with Gasteiger partial charge in [-0.2, -0.15) is 5.10 Å². The number of rotatable bonds is 6. The van der Waals surface area contributed by atoms with Gasteiger partial charge in [0, 0.05) is 11.3 Å². The second kappa shape index (κ2) is 6.74. The molecule has 0 unspecified atom stereocenters. The van der Waals surface area contributed by atoms with Crippen molar-refractivity contribution in [1.29, 1.82) is 0 Å². The molecule has 2 rings (SSSR count). The molecule has 0 saturated heterocycles. The van der Waals surface area contributed by atoms with Crippen molar-refractivity contribution < 1.29 is 23.5 Å². The Morgan fingerprint density at radius 2 is 2.19 bits per heavy atom. The Kier molecular flexibility index (Phi) is 4.76. The molecule has 0 fully saturated rings. The Hall–Kier alpha value is -2.57. The number of esters is 2. The molecule has 0 atom stereocenters. The normalized spacial score (nSPS) is 10.4. The maximum atomic E-state index is 11.9. The van der Waals surface area contributed by atoms with E-state index in [0.717, 1.165) is 18.5 Å². The molecular formula is C14H16N2O5. The van der Waals surface area contributed by atoms with Crippen molar-refractivity contribution in [2.45, 2.75) is 26.4 Å². The fourth-order valence-corrected chi connectivity index (χ4v) is 1.80. The van der Waals surface area contributed by atoms with Gasteiger partial charge in [-0.15, -0.1) is 0 Å². The van der Waals surface area contributed by atoms with Gasteiger partial charge in [0.15, 0.2) is 5.69 Å². The van der Waals surface area contributed by atoms with E-state index in [4.69, 9.17) is 9.15 Å². The predicted molar refractivity (Wildman–Crippen MR) is 71.7 cm³/mol. The van der Waals surface area contributed by atoms with Crippen LogP contribution < -0.4 is 0 Å². The van der Waals surface area contributed by atoms with Crippen LogP contribution in [-0.4, -0.2) is 29.2 Å². The maximum absolute atomic E-state index is 11.9. The number of aromatic amines is 1. The molecule has 0 saturated carbocycles. The number of hydrogen-bond acceptors (Lipinski definition) is 6. The predicted octanol–water partition coefficient (Wildman–Crippen LogP) is 2.10. The Balaban J connectivity index is 1.97. The van der Waals surface area contributed by atoms with Crippen LogP contribution in [-0.2, 0) is 22.5 Å². The second-order valence-electron chi connectivity index (χ2n) is 4.37. The molecule has 7 nitrogen and oxygen atoms in total. The van der Waals surface area contributed by atoms with Gasteiger partial charge in [-0.3, -0.25) is 5.10 Å². The van der Waals surface area contributed by atoms with E-state index in [1.54, 1.807) is 12.1 Å². The minimum absolute atomic E-state index is 0.0269. The number of carbonyl (C=O) groups is 2. The van der Waals surface area contributed by atoms with E-state index in [-0.39, 0.29) is 18.1 Å². The van der Waals surface area contributed by atoms with Crippen molar-refractivity contribution in [1.82, 2.24) is 10.2 Å². The summed E-state index contributed by atoms with van der Waals surface area (Å²) in [4.78, 5) is 23.3. The van der Waals surface area contributed by atoms with Gasteiger partial charge in [-0.25, -0.2) is 9.59 Å². The quantitative estimate of drug-likeness (QED) is 0.819. The molecule has 112 valence electrons. The smallest absolute Gasteiger partial charge is 0.374 e. The molecule has 0 aromatic carbocycles. The van der Waals surface area contributed by atoms with E-state index in [0.29, 0.717) is 5.56 Å². The lowest BCUT2D eigenvalue weighted by Gasteiger charge is -2.02. The lowest BCUT2D eigenvalue weighted by atomic mass is 10.2. The van der Waals surface area contributed by atoms with E-state index in [2.05, 4.69) is 14.9 Å². The van der Waals surface area contributed by atoms with E-state index >= 15 is 0 Å². The topological polar surface area (TPSA) is 94.4 Å². The number of methoxy groups -OCH3 is 1. The largest absolute Gasteiger partial charge is 0.463 e. The molecule has 2 aromatic rings. The average molecular weight is 292 g/mol. The summed E-state index contributed by atoms with van der Waals surface area (Å²) in [5.41, 5.74) is 1.53. The van der Waals surface area contributed by atoms with Crippen molar-refractivity contribution >= 4 is 11.9 Å². The summed E-state index contributed by atoms with van der Waals surface area (Å²) in [5.74, 6) is -1.15. The highest BCUT2D eigenvalue weighted by Gasteiger charge is 2.18. The van der Waals surface area contributed by atoms with Crippen LogP contribution in [0.25, 0.3) is 0 Å². The summed E-state index contributed by atoms with van der Waals surface area (Å²) in [7, 11) is 1.25. The Morgan fingerprint density at radius 3 is 2.90 bits per heavy atom. The third-order valence-electron chi connectivity index (χ3n) is 2.84. The molecule has 1 N–H and O–H groups in total. The zero-order valence-electron chi connectivity index (χ0n) is 11.8. The third kappa shape index (κ3) is 3.50. The summed E-state index contributed by atoms with van der Waals surface area (Å²) < 4.78 is 14.7. The van der Waals surface area contributed by atoms with Gasteiger partial charge in [0.25, 0.3) is 0 Å². The number of hydrogen-bond donors (Lipinski definition) is 1. The van der Waals surface area contributed by atoms with E-state index in [9.17, 15) is 9.59 Å². The number of carbonyl (C=O) groups excluding carboxylic acids is 2. The summed E-state index contributed by atoms with van der Waals surface area (Å²) in [6.07, 6.45) is 3.10. The van der Waals surface area contributed by atoms with Crippen LogP contribution in [0.4, 0.5) is 0 Å². The summed E-state index contributed by atoms with van der Waals surface area (Å²) in [6, 6.07) is 3.20. The van der Waals surface area contributed by atoms with E-state index in [1.165, 1.54) is 13.4 Å². The number of ether oxygens (including phenoxy) is 2. The number of aromatic nitrogens is 2. The fourth-order valence-electron chi connectivity index (χ4n) is 1.80. The first-order chi connectivity index (χ1) is 10.2. The lowest BCUT2D eigenvalue weighted by molar-refractivity contribution is 0.0447. The zero-order valence-corrected chi connectivity index (χ0v) is 11.8. The summed E-state index contributed by atoms with van der Waals surface area (Å²) in [5, 5.41) is 6.67.